The van der Waals surface area contributed by atoms with Crippen LogP contribution < -0.4 is 9.47 Å². The molecule has 122 valence electrons. The van der Waals surface area contributed by atoms with Crippen LogP contribution in [0.25, 0.3) is 0 Å². The topological polar surface area (TPSA) is 102 Å². The molecule has 0 fully saturated rings. The molecule has 0 spiro atoms. The van der Waals surface area contributed by atoms with Crippen LogP contribution in [0.3, 0.4) is 0 Å². The van der Waals surface area contributed by atoms with Crippen LogP contribution in [0.5, 0.6) is 11.6 Å². The summed E-state index contributed by atoms with van der Waals surface area (Å²) in [5, 5.41) is 0. The summed E-state index contributed by atoms with van der Waals surface area (Å²) in [6.45, 7) is 0.624. The highest BCUT2D eigenvalue weighted by Gasteiger charge is 2.11. The van der Waals surface area contributed by atoms with E-state index in [9.17, 15) is 9.59 Å². The van der Waals surface area contributed by atoms with E-state index in [0.29, 0.717) is 0 Å². The van der Waals surface area contributed by atoms with Gasteiger partial charge in [-0.15, -0.1) is 0 Å². The number of rotatable bonds is 8. The van der Waals surface area contributed by atoms with Gasteiger partial charge in [0.05, 0.1) is 13.2 Å². The molecule has 1 heterocycles. The number of hydrogen-bond acceptors (Lipinski definition) is 9. The van der Waals surface area contributed by atoms with Crippen molar-refractivity contribution in [1.82, 2.24) is 4.98 Å². The molecule has 0 N–H and O–H groups in total. The molecule has 0 atom stereocenters. The zero-order chi connectivity index (χ0) is 16.2. The van der Waals surface area contributed by atoms with Gasteiger partial charge in [-0.1, -0.05) is 0 Å². The van der Waals surface area contributed by atoms with Gasteiger partial charge in [0.25, 0.3) is 0 Å². The molecule has 0 amide bonds. The van der Waals surface area contributed by atoms with Gasteiger partial charge in [-0.3, -0.25) is 0 Å². The fraction of sp³-hybridized carbons (Fsp3) is 0.462. The fourth-order valence-corrected chi connectivity index (χ4v) is 1.17. The first kappa shape index (κ1) is 17.7. The third-order valence-electron chi connectivity index (χ3n) is 2.11. The normalized spacial score (nSPS) is 9.91. The van der Waals surface area contributed by atoms with Crippen molar-refractivity contribution < 1.29 is 38.0 Å². The maximum atomic E-state index is 11.3. The van der Waals surface area contributed by atoms with Crippen LogP contribution in [-0.4, -0.2) is 57.9 Å². The van der Waals surface area contributed by atoms with E-state index in [1.165, 1.54) is 32.5 Å². The SMILES string of the molecule is COCCOC(=O)Oc1ccnc(OC(=O)OCCOC)c1. The molecule has 0 saturated heterocycles. The Morgan fingerprint density at radius 1 is 0.955 bits per heavy atom. The van der Waals surface area contributed by atoms with Gasteiger partial charge >= 0.3 is 12.3 Å². The molecular weight excluding hydrogens is 298 g/mol. The van der Waals surface area contributed by atoms with Crippen molar-refractivity contribution in [3.05, 3.63) is 18.3 Å². The molecule has 0 aromatic carbocycles. The molecule has 0 radical (unpaired) electrons. The lowest BCUT2D eigenvalue weighted by Crippen LogP contribution is -2.15. The Kier molecular flexibility index (Phi) is 8.31. The fourth-order valence-electron chi connectivity index (χ4n) is 1.17. The molecule has 9 nitrogen and oxygen atoms in total. The number of carbonyl (C=O) groups is 2. The molecule has 0 aliphatic carbocycles. The number of carbonyl (C=O) groups excluding carboxylic acids is 2. The molecule has 1 aromatic rings. The van der Waals surface area contributed by atoms with E-state index in [0.717, 1.165) is 0 Å². The number of ether oxygens (including phenoxy) is 6. The maximum absolute atomic E-state index is 11.3. The first-order valence-electron chi connectivity index (χ1n) is 6.29. The van der Waals surface area contributed by atoms with E-state index in [4.69, 9.17) is 28.4 Å². The van der Waals surface area contributed by atoms with E-state index >= 15 is 0 Å². The second-order valence-electron chi connectivity index (χ2n) is 3.72. The minimum Gasteiger partial charge on any atom is -0.432 e. The lowest BCUT2D eigenvalue weighted by atomic mass is 10.4. The van der Waals surface area contributed by atoms with Crippen LogP contribution in [-0.2, 0) is 18.9 Å². The van der Waals surface area contributed by atoms with Crippen molar-refractivity contribution in [3.63, 3.8) is 0 Å². The van der Waals surface area contributed by atoms with Crippen LogP contribution in [0.15, 0.2) is 18.3 Å². The summed E-state index contributed by atoms with van der Waals surface area (Å²) in [5.41, 5.74) is 0. The summed E-state index contributed by atoms with van der Waals surface area (Å²) >= 11 is 0. The Balaban J connectivity index is 2.44. The molecule has 0 saturated carbocycles. The van der Waals surface area contributed by atoms with E-state index in [1.807, 2.05) is 0 Å². The summed E-state index contributed by atoms with van der Waals surface area (Å²) in [6, 6.07) is 2.65. The summed E-state index contributed by atoms with van der Waals surface area (Å²) in [4.78, 5) is 26.4. The van der Waals surface area contributed by atoms with E-state index in [-0.39, 0.29) is 38.1 Å². The van der Waals surface area contributed by atoms with Crippen LogP contribution in [0.1, 0.15) is 0 Å². The largest absolute Gasteiger partial charge is 0.515 e. The number of pyridine rings is 1. The minimum absolute atomic E-state index is 0.0529. The monoisotopic (exact) mass is 315 g/mol. The molecular formula is C13H17NO8. The van der Waals surface area contributed by atoms with Crippen molar-refractivity contribution in [2.24, 2.45) is 0 Å². The standard InChI is InChI=1S/C13H17NO8/c1-17-5-7-19-12(15)21-10-3-4-14-11(9-10)22-13(16)20-8-6-18-2/h3-4,9H,5-8H2,1-2H3. The minimum atomic E-state index is -0.940. The number of aromatic nitrogens is 1. The van der Waals surface area contributed by atoms with Gasteiger partial charge in [0.15, 0.2) is 0 Å². The third kappa shape index (κ3) is 7.41. The average molecular weight is 315 g/mol. The average Bonchev–Trinajstić information content (AvgIpc) is 2.48. The van der Waals surface area contributed by atoms with Crippen molar-refractivity contribution in [2.75, 3.05) is 40.6 Å². The Labute approximate surface area is 127 Å². The smallest absolute Gasteiger partial charge is 0.432 e. The zero-order valence-electron chi connectivity index (χ0n) is 12.3. The van der Waals surface area contributed by atoms with E-state index < -0.39 is 12.3 Å². The zero-order valence-corrected chi connectivity index (χ0v) is 12.3. The Morgan fingerprint density at radius 3 is 2.14 bits per heavy atom. The van der Waals surface area contributed by atoms with Crippen molar-refractivity contribution in [1.29, 1.82) is 0 Å². The molecule has 22 heavy (non-hydrogen) atoms. The van der Waals surface area contributed by atoms with Crippen molar-refractivity contribution in [3.8, 4) is 11.6 Å². The van der Waals surface area contributed by atoms with E-state index in [1.54, 1.807) is 0 Å². The molecule has 9 heteroatoms. The van der Waals surface area contributed by atoms with Crippen LogP contribution in [0, 0.1) is 0 Å². The lowest BCUT2D eigenvalue weighted by Gasteiger charge is -2.07. The Hall–Kier alpha value is -2.39. The van der Waals surface area contributed by atoms with Gasteiger partial charge in [0.2, 0.25) is 5.88 Å². The van der Waals surface area contributed by atoms with E-state index in [2.05, 4.69) is 4.98 Å². The van der Waals surface area contributed by atoms with Gasteiger partial charge in [-0.25, -0.2) is 14.6 Å². The van der Waals surface area contributed by atoms with Gasteiger partial charge in [-0.05, 0) is 6.07 Å². The van der Waals surface area contributed by atoms with Gasteiger partial charge < -0.3 is 28.4 Å². The summed E-state index contributed by atoms with van der Waals surface area (Å²) < 4.78 is 28.5. The number of nitrogens with zero attached hydrogens (tertiary/aromatic N) is 1. The van der Waals surface area contributed by atoms with Gasteiger partial charge in [0.1, 0.15) is 19.0 Å². The molecule has 0 aliphatic rings. The van der Waals surface area contributed by atoms with Crippen molar-refractivity contribution in [2.45, 2.75) is 0 Å². The maximum Gasteiger partial charge on any atom is 0.515 e. The highest BCUT2D eigenvalue weighted by atomic mass is 16.7. The van der Waals surface area contributed by atoms with Gasteiger partial charge in [-0.2, -0.15) is 0 Å². The number of hydrogen-bond donors (Lipinski definition) is 0. The summed E-state index contributed by atoms with van der Waals surface area (Å²) in [7, 11) is 2.95. The molecule has 0 unspecified atom stereocenters. The third-order valence-corrected chi connectivity index (χ3v) is 2.11. The second-order valence-corrected chi connectivity index (χ2v) is 3.72. The van der Waals surface area contributed by atoms with Crippen LogP contribution in [0.4, 0.5) is 9.59 Å². The quantitative estimate of drug-likeness (QED) is 0.520. The van der Waals surface area contributed by atoms with Crippen molar-refractivity contribution >= 4 is 12.3 Å². The highest BCUT2D eigenvalue weighted by molar-refractivity contribution is 5.65. The first-order chi connectivity index (χ1) is 10.7. The Bertz CT molecular complexity index is 440. The second kappa shape index (κ2) is 10.4. The summed E-state index contributed by atoms with van der Waals surface area (Å²) in [6.07, 6.45) is -0.545. The predicted octanol–water partition coefficient (Wildman–Crippen LogP) is 1.41. The molecule has 0 aliphatic heterocycles. The predicted molar refractivity (Wildman–Crippen MR) is 71.9 cm³/mol. The highest BCUT2D eigenvalue weighted by Crippen LogP contribution is 2.17. The Morgan fingerprint density at radius 2 is 1.55 bits per heavy atom. The molecule has 0 bridgehead atoms. The molecule has 1 rings (SSSR count). The van der Waals surface area contributed by atoms with Crippen LogP contribution >= 0.6 is 0 Å². The van der Waals surface area contributed by atoms with Gasteiger partial charge in [0, 0.05) is 26.5 Å². The summed E-state index contributed by atoms with van der Waals surface area (Å²) in [5.74, 6) is 0.0294. The lowest BCUT2D eigenvalue weighted by molar-refractivity contribution is 0.0667. The molecule has 1 aromatic heterocycles. The number of methoxy groups -OCH3 is 2. The van der Waals surface area contributed by atoms with Crippen LogP contribution in [0.2, 0.25) is 0 Å². The first-order valence-corrected chi connectivity index (χ1v) is 6.29.